The van der Waals surface area contributed by atoms with Crippen LogP contribution in [0.15, 0.2) is 48.5 Å². The molecule has 0 spiro atoms. The summed E-state index contributed by atoms with van der Waals surface area (Å²) in [5.41, 5.74) is 5.24. The van der Waals surface area contributed by atoms with Crippen LogP contribution in [-0.4, -0.2) is 60.1 Å². The smallest absolute Gasteiger partial charge is 0.322 e. The topological polar surface area (TPSA) is 43.8 Å². The van der Waals surface area contributed by atoms with Crippen molar-refractivity contribution in [1.29, 1.82) is 0 Å². The highest BCUT2D eigenvalue weighted by Crippen LogP contribution is 2.17. The molecule has 2 aromatic rings. The van der Waals surface area contributed by atoms with Crippen molar-refractivity contribution in [1.82, 2.24) is 9.80 Å². The minimum Gasteiger partial charge on any atom is -0.480 e. The molecule has 166 valence electrons. The van der Waals surface area contributed by atoms with E-state index in [1.54, 1.807) is 0 Å². The number of piperazine rings is 1. The molecule has 1 fully saturated rings. The monoisotopic (exact) mass is 440 g/mol. The lowest BCUT2D eigenvalue weighted by Gasteiger charge is -2.36. The highest BCUT2D eigenvalue weighted by atomic mass is 35.5. The molecule has 0 aromatic heterocycles. The molecule has 0 aliphatic carbocycles. The van der Waals surface area contributed by atoms with Gasteiger partial charge in [-0.25, -0.2) is 0 Å². The number of hydrogen-bond acceptors (Lipinski definition) is 3. The average Bonchev–Trinajstić information content (AvgIpc) is 2.75. The van der Waals surface area contributed by atoms with Crippen LogP contribution in [0.3, 0.4) is 0 Å². The van der Waals surface area contributed by atoms with Crippen LogP contribution in [0, 0.1) is 6.92 Å². The van der Waals surface area contributed by atoms with Crippen molar-refractivity contribution in [2.45, 2.75) is 38.6 Å². The zero-order valence-electron chi connectivity index (χ0n) is 18.6. The molecule has 2 aromatic carbocycles. The van der Waals surface area contributed by atoms with Crippen LogP contribution in [0.25, 0.3) is 6.08 Å². The molecule has 5 heteroatoms. The van der Waals surface area contributed by atoms with E-state index in [2.05, 4.69) is 54.3 Å². The van der Waals surface area contributed by atoms with Crippen LogP contribution in [0.1, 0.15) is 35.1 Å². The third kappa shape index (κ3) is 7.20. The Morgan fingerprint density at radius 2 is 1.77 bits per heavy atom. The number of benzene rings is 2. The van der Waals surface area contributed by atoms with E-state index < -0.39 is 12.0 Å². The zero-order chi connectivity index (χ0) is 22.2. The summed E-state index contributed by atoms with van der Waals surface area (Å²) in [6.45, 7) is 5.20. The third-order valence-electron chi connectivity index (χ3n) is 6.11. The maximum Gasteiger partial charge on any atom is 0.322 e. The summed E-state index contributed by atoms with van der Waals surface area (Å²) in [6.07, 6.45) is 8.84. The SMILES string of the molecule is Cc1cc(CCCCc2ccc(Cl)cc2)ccc1C=CCN1CCN(C)C(C(=O)O)C1. The second-order valence-corrected chi connectivity index (χ2v) is 8.96. The fraction of sp³-hybridized carbons (Fsp3) is 0.423. The van der Waals surface area contributed by atoms with Crippen molar-refractivity contribution >= 4 is 23.6 Å². The number of hydrogen-bond donors (Lipinski definition) is 1. The first kappa shape index (κ1) is 23.5. The molecule has 1 atom stereocenters. The summed E-state index contributed by atoms with van der Waals surface area (Å²) in [5.74, 6) is -0.740. The Balaban J connectivity index is 1.44. The van der Waals surface area contributed by atoms with E-state index in [-0.39, 0.29) is 0 Å². The van der Waals surface area contributed by atoms with Crippen LogP contribution >= 0.6 is 11.6 Å². The Labute approximate surface area is 191 Å². The standard InChI is InChI=1S/C26H33ClN2O2/c1-20-18-22(7-4-3-6-21-10-13-24(27)14-11-21)9-12-23(20)8-5-15-29-17-16-28(2)25(19-29)26(30)31/h5,8-14,18,25H,3-4,6-7,15-17,19H2,1-2H3,(H,30,31). The van der Waals surface area contributed by atoms with Gasteiger partial charge in [0.1, 0.15) is 6.04 Å². The summed E-state index contributed by atoms with van der Waals surface area (Å²) in [6, 6.07) is 14.4. The van der Waals surface area contributed by atoms with Gasteiger partial charge in [0.2, 0.25) is 0 Å². The predicted octanol–water partition coefficient (Wildman–Crippen LogP) is 4.93. The van der Waals surface area contributed by atoms with E-state index >= 15 is 0 Å². The average molecular weight is 441 g/mol. The second-order valence-electron chi connectivity index (χ2n) is 8.52. The van der Waals surface area contributed by atoms with Gasteiger partial charge in [0.15, 0.2) is 0 Å². The van der Waals surface area contributed by atoms with E-state index in [9.17, 15) is 9.90 Å². The lowest BCUT2D eigenvalue weighted by Crippen LogP contribution is -2.54. The lowest BCUT2D eigenvalue weighted by atomic mass is 9.99. The number of halogens is 1. The van der Waals surface area contributed by atoms with Gasteiger partial charge in [0, 0.05) is 31.2 Å². The number of likely N-dealkylation sites (N-methyl/N-ethyl adjacent to an activating group) is 1. The lowest BCUT2D eigenvalue weighted by molar-refractivity contribution is -0.144. The molecule has 1 aliphatic heterocycles. The first-order chi connectivity index (χ1) is 14.9. The second kappa shape index (κ2) is 11.5. The van der Waals surface area contributed by atoms with Gasteiger partial charge in [-0.05, 0) is 74.0 Å². The van der Waals surface area contributed by atoms with Crippen LogP contribution in [-0.2, 0) is 17.6 Å². The van der Waals surface area contributed by atoms with Gasteiger partial charge in [-0.2, -0.15) is 0 Å². The summed E-state index contributed by atoms with van der Waals surface area (Å²) in [7, 11) is 1.88. The molecule has 1 N–H and O–H groups in total. The van der Waals surface area contributed by atoms with Crippen LogP contribution in [0.2, 0.25) is 5.02 Å². The number of nitrogens with zero attached hydrogens (tertiary/aromatic N) is 2. The molecule has 4 nitrogen and oxygen atoms in total. The van der Waals surface area contributed by atoms with E-state index in [1.807, 2.05) is 24.1 Å². The number of carboxylic acids is 1. The molecule has 0 radical (unpaired) electrons. The third-order valence-corrected chi connectivity index (χ3v) is 6.36. The maximum atomic E-state index is 11.4. The molecule has 31 heavy (non-hydrogen) atoms. The predicted molar refractivity (Wildman–Crippen MR) is 129 cm³/mol. The molecule has 1 saturated heterocycles. The fourth-order valence-electron chi connectivity index (χ4n) is 4.08. The van der Waals surface area contributed by atoms with Gasteiger partial charge in [-0.1, -0.05) is 54.1 Å². The van der Waals surface area contributed by atoms with E-state index in [0.29, 0.717) is 6.54 Å². The Bertz CT molecular complexity index is 895. The first-order valence-electron chi connectivity index (χ1n) is 11.1. The number of unbranched alkanes of at least 4 members (excludes halogenated alkanes) is 1. The number of carboxylic acid groups (broad SMARTS) is 1. The molecular weight excluding hydrogens is 408 g/mol. The molecule has 0 saturated carbocycles. The summed E-state index contributed by atoms with van der Waals surface area (Å²) < 4.78 is 0. The molecule has 0 bridgehead atoms. The fourth-order valence-corrected chi connectivity index (χ4v) is 4.21. The van der Waals surface area contributed by atoms with Gasteiger partial charge in [0.25, 0.3) is 0 Å². The largest absolute Gasteiger partial charge is 0.480 e. The van der Waals surface area contributed by atoms with Gasteiger partial charge >= 0.3 is 5.97 Å². The maximum absolute atomic E-state index is 11.4. The van der Waals surface area contributed by atoms with E-state index in [0.717, 1.165) is 37.5 Å². The minimum atomic E-state index is -0.740. The highest BCUT2D eigenvalue weighted by Gasteiger charge is 2.28. The van der Waals surface area contributed by atoms with Crippen LogP contribution < -0.4 is 0 Å². The van der Waals surface area contributed by atoms with Gasteiger partial charge < -0.3 is 5.11 Å². The van der Waals surface area contributed by atoms with Crippen molar-refractivity contribution in [3.05, 3.63) is 75.8 Å². The highest BCUT2D eigenvalue weighted by molar-refractivity contribution is 6.30. The molecule has 1 aliphatic rings. The molecule has 0 amide bonds. The van der Waals surface area contributed by atoms with Crippen molar-refractivity contribution in [3.8, 4) is 0 Å². The minimum absolute atomic E-state index is 0.414. The molecular formula is C26H33ClN2O2. The number of aliphatic carboxylic acids is 1. The molecule has 3 rings (SSSR count). The number of rotatable bonds is 9. The van der Waals surface area contributed by atoms with Gasteiger partial charge in [-0.3, -0.25) is 14.6 Å². The van der Waals surface area contributed by atoms with Crippen LogP contribution in [0.4, 0.5) is 0 Å². The van der Waals surface area contributed by atoms with Crippen molar-refractivity contribution in [2.24, 2.45) is 0 Å². The quantitative estimate of drug-likeness (QED) is 0.561. The summed E-state index contributed by atoms with van der Waals surface area (Å²) in [4.78, 5) is 15.5. The van der Waals surface area contributed by atoms with Gasteiger partial charge in [0.05, 0.1) is 0 Å². The van der Waals surface area contributed by atoms with Crippen LogP contribution in [0.5, 0.6) is 0 Å². The van der Waals surface area contributed by atoms with Crippen molar-refractivity contribution in [3.63, 3.8) is 0 Å². The Hall–Kier alpha value is -2.14. The Kier molecular flexibility index (Phi) is 8.70. The Morgan fingerprint density at radius 1 is 1.10 bits per heavy atom. The molecule has 1 unspecified atom stereocenters. The Morgan fingerprint density at radius 3 is 2.45 bits per heavy atom. The van der Waals surface area contributed by atoms with Gasteiger partial charge in [-0.15, -0.1) is 0 Å². The summed E-state index contributed by atoms with van der Waals surface area (Å²) >= 11 is 5.94. The number of aryl methyl sites for hydroxylation is 3. The normalized spacial score (nSPS) is 18.0. The summed E-state index contributed by atoms with van der Waals surface area (Å²) in [5, 5.41) is 10.1. The van der Waals surface area contributed by atoms with Crippen molar-refractivity contribution in [2.75, 3.05) is 33.2 Å². The van der Waals surface area contributed by atoms with E-state index in [4.69, 9.17) is 11.6 Å². The first-order valence-corrected chi connectivity index (χ1v) is 11.5. The van der Waals surface area contributed by atoms with Crippen molar-refractivity contribution < 1.29 is 9.90 Å². The number of carbonyl (C=O) groups is 1. The van der Waals surface area contributed by atoms with E-state index in [1.165, 1.54) is 35.1 Å². The molecule has 1 heterocycles. The zero-order valence-corrected chi connectivity index (χ0v) is 19.3.